The number of ether oxygens (including phenoxy) is 2. The first-order valence-corrected chi connectivity index (χ1v) is 17.9. The minimum atomic E-state index is -0.406. The molecule has 0 aliphatic carbocycles. The Balaban J connectivity index is 1.15. The molecule has 2 aromatic carbocycles. The molecule has 4 aromatic rings. The number of benzene rings is 2. The van der Waals surface area contributed by atoms with Crippen molar-refractivity contribution in [1.29, 1.82) is 0 Å². The fraction of sp³-hybridized carbons (Fsp3) is 0.526. The van der Waals surface area contributed by atoms with Crippen LogP contribution in [-0.4, -0.2) is 59.1 Å². The fourth-order valence-corrected chi connectivity index (χ4v) is 8.28. The minimum absolute atomic E-state index is 0.112. The summed E-state index contributed by atoms with van der Waals surface area (Å²) < 4.78 is 25.4. The second-order valence-corrected chi connectivity index (χ2v) is 16.4. The summed E-state index contributed by atoms with van der Waals surface area (Å²) >= 11 is 1.34. The number of rotatable bonds is 12. The van der Waals surface area contributed by atoms with E-state index in [-0.39, 0.29) is 28.6 Å². The first kappa shape index (κ1) is 36.5. The molecule has 0 spiro atoms. The van der Waals surface area contributed by atoms with E-state index < -0.39 is 5.82 Å². The van der Waals surface area contributed by atoms with E-state index in [0.717, 1.165) is 36.3 Å². The monoisotopic (exact) mass is 690 g/mol. The zero-order valence-electron chi connectivity index (χ0n) is 30.2. The molecule has 0 unspecified atom stereocenters. The number of methoxy groups -OCH3 is 1. The highest BCUT2D eigenvalue weighted by molar-refractivity contribution is 7.15. The molecule has 11 heteroatoms. The molecule has 1 fully saturated rings. The number of piperidine rings is 1. The van der Waals surface area contributed by atoms with Crippen molar-refractivity contribution in [2.24, 2.45) is 22.2 Å². The molecule has 2 N–H and O–H groups in total. The van der Waals surface area contributed by atoms with Gasteiger partial charge in [0.1, 0.15) is 18.0 Å². The number of fused-ring (bicyclic) bond motifs is 1. The lowest BCUT2D eigenvalue weighted by atomic mass is 9.48. The van der Waals surface area contributed by atoms with Crippen molar-refractivity contribution in [3.63, 3.8) is 0 Å². The molecule has 1 amide bonds. The third-order valence-corrected chi connectivity index (χ3v) is 11.5. The molecule has 264 valence electrons. The highest BCUT2D eigenvalue weighted by atomic mass is 32.1. The van der Waals surface area contributed by atoms with Crippen molar-refractivity contribution in [2.75, 3.05) is 44.0 Å². The largest absolute Gasteiger partial charge is 0.493 e. The minimum Gasteiger partial charge on any atom is -0.493 e. The number of thiazole rings is 1. The molecular formula is C38H51FN6O3S. The first-order chi connectivity index (χ1) is 23.2. The van der Waals surface area contributed by atoms with Gasteiger partial charge in [0.25, 0.3) is 0 Å². The van der Waals surface area contributed by atoms with Crippen LogP contribution >= 0.6 is 11.3 Å². The summed E-state index contributed by atoms with van der Waals surface area (Å²) in [5, 5.41) is 7.31. The van der Waals surface area contributed by atoms with Crippen LogP contribution in [0.3, 0.4) is 0 Å². The Bertz CT molecular complexity index is 1730. The van der Waals surface area contributed by atoms with Crippen molar-refractivity contribution in [2.45, 2.75) is 74.1 Å². The summed E-state index contributed by atoms with van der Waals surface area (Å²) in [5.41, 5.74) is 1.86. The average Bonchev–Trinajstić information content (AvgIpc) is 3.47. The standard InChI is InChI=1S/C38H51FN6O3S/c1-36(2,3)38(7,37(4,5)6)25-13-16-45(17-14-25)15-10-18-48-32-22-30-29(21-31(32)47-8)34(42-24-41-30)44-35-40-23-28(49-35)20-33(46)43-27-12-9-11-26(39)19-27/h9,11-12,19,21-25H,10,13-18,20H2,1-8H3,(H,43,46)(H,40,41,42,44). The number of anilines is 3. The van der Waals surface area contributed by atoms with Crippen LogP contribution in [0, 0.1) is 28.0 Å². The van der Waals surface area contributed by atoms with Gasteiger partial charge in [-0.15, -0.1) is 11.3 Å². The summed E-state index contributed by atoms with van der Waals surface area (Å²) in [7, 11) is 1.62. The summed E-state index contributed by atoms with van der Waals surface area (Å²) in [6.07, 6.45) is 6.64. The van der Waals surface area contributed by atoms with Crippen LogP contribution in [0.25, 0.3) is 10.9 Å². The highest BCUT2D eigenvalue weighted by Gasteiger charge is 2.51. The van der Waals surface area contributed by atoms with Crippen molar-refractivity contribution in [1.82, 2.24) is 19.9 Å². The van der Waals surface area contributed by atoms with Crippen LogP contribution in [0.2, 0.25) is 0 Å². The Morgan fingerprint density at radius 3 is 2.41 bits per heavy atom. The second kappa shape index (κ2) is 15.0. The summed E-state index contributed by atoms with van der Waals surface area (Å²) in [6.45, 7) is 20.8. The quantitative estimate of drug-likeness (QED) is 0.142. The molecule has 0 atom stereocenters. The van der Waals surface area contributed by atoms with Gasteiger partial charge >= 0.3 is 0 Å². The summed E-state index contributed by atoms with van der Waals surface area (Å²) in [6, 6.07) is 9.57. The molecule has 49 heavy (non-hydrogen) atoms. The van der Waals surface area contributed by atoms with E-state index in [1.54, 1.807) is 25.4 Å². The summed E-state index contributed by atoms with van der Waals surface area (Å²) in [5.74, 6) is 1.86. The van der Waals surface area contributed by atoms with Crippen LogP contribution < -0.4 is 20.1 Å². The second-order valence-electron chi connectivity index (χ2n) is 15.3. The van der Waals surface area contributed by atoms with E-state index in [0.29, 0.717) is 46.2 Å². The number of carbonyl (C=O) groups is 1. The number of halogens is 1. The van der Waals surface area contributed by atoms with Crippen molar-refractivity contribution >= 4 is 44.8 Å². The van der Waals surface area contributed by atoms with Gasteiger partial charge in [-0.3, -0.25) is 4.79 Å². The van der Waals surface area contributed by atoms with Gasteiger partial charge < -0.3 is 25.0 Å². The van der Waals surface area contributed by atoms with E-state index >= 15 is 0 Å². The van der Waals surface area contributed by atoms with Gasteiger partial charge in [-0.05, 0) is 78.8 Å². The zero-order chi connectivity index (χ0) is 35.4. The van der Waals surface area contributed by atoms with Crippen molar-refractivity contribution in [3.05, 3.63) is 59.6 Å². The molecule has 1 saturated heterocycles. The number of likely N-dealkylation sites (tertiary alicyclic amines) is 1. The highest BCUT2D eigenvalue weighted by Crippen LogP contribution is 2.58. The van der Waals surface area contributed by atoms with Crippen LogP contribution in [0.15, 0.2) is 48.9 Å². The van der Waals surface area contributed by atoms with Crippen LogP contribution in [0.4, 0.5) is 21.0 Å². The van der Waals surface area contributed by atoms with Gasteiger partial charge in [0.05, 0.1) is 25.7 Å². The Kier molecular flexibility index (Phi) is 11.1. The molecule has 5 rings (SSSR count). The lowest BCUT2D eigenvalue weighted by Crippen LogP contribution is -2.52. The van der Waals surface area contributed by atoms with Gasteiger partial charge in [0.15, 0.2) is 16.6 Å². The van der Waals surface area contributed by atoms with Gasteiger partial charge in [-0.25, -0.2) is 19.3 Å². The molecule has 3 heterocycles. The van der Waals surface area contributed by atoms with E-state index in [1.165, 1.54) is 42.6 Å². The molecule has 1 aliphatic heterocycles. The van der Waals surface area contributed by atoms with Crippen LogP contribution in [-0.2, 0) is 11.2 Å². The maximum atomic E-state index is 13.5. The van der Waals surface area contributed by atoms with E-state index in [9.17, 15) is 9.18 Å². The van der Waals surface area contributed by atoms with Gasteiger partial charge in [0.2, 0.25) is 5.91 Å². The Hall–Kier alpha value is -3.83. The molecule has 1 aliphatic rings. The zero-order valence-corrected chi connectivity index (χ0v) is 31.0. The predicted molar refractivity (Wildman–Crippen MR) is 197 cm³/mol. The Morgan fingerprint density at radius 1 is 1.00 bits per heavy atom. The van der Waals surface area contributed by atoms with Crippen molar-refractivity contribution < 1.29 is 18.7 Å². The molecule has 0 bridgehead atoms. The fourth-order valence-electron chi connectivity index (χ4n) is 7.47. The smallest absolute Gasteiger partial charge is 0.229 e. The normalized spacial score (nSPS) is 15.0. The van der Waals surface area contributed by atoms with E-state index in [4.69, 9.17) is 9.47 Å². The Morgan fingerprint density at radius 2 is 1.73 bits per heavy atom. The number of carbonyl (C=O) groups excluding carboxylic acids is 1. The summed E-state index contributed by atoms with van der Waals surface area (Å²) in [4.78, 5) is 29.2. The number of hydrogen-bond acceptors (Lipinski definition) is 9. The number of nitrogens with one attached hydrogen (secondary N) is 2. The Labute approximate surface area is 294 Å². The maximum Gasteiger partial charge on any atom is 0.229 e. The van der Waals surface area contributed by atoms with Crippen LogP contribution in [0.1, 0.15) is 72.6 Å². The van der Waals surface area contributed by atoms with Gasteiger partial charge in [-0.2, -0.15) is 0 Å². The molecule has 2 aromatic heterocycles. The molecular weight excluding hydrogens is 640 g/mol. The van der Waals surface area contributed by atoms with Gasteiger partial charge in [-0.1, -0.05) is 54.5 Å². The molecule has 0 saturated carbocycles. The number of hydrogen-bond donors (Lipinski definition) is 2. The van der Waals surface area contributed by atoms with Crippen molar-refractivity contribution in [3.8, 4) is 11.5 Å². The van der Waals surface area contributed by atoms with Crippen LogP contribution in [0.5, 0.6) is 11.5 Å². The average molecular weight is 691 g/mol. The lowest BCUT2D eigenvalue weighted by Gasteiger charge is -2.58. The third kappa shape index (κ3) is 8.49. The van der Waals surface area contributed by atoms with Gasteiger partial charge in [0, 0.05) is 34.8 Å². The molecule has 9 nitrogen and oxygen atoms in total. The first-order valence-electron chi connectivity index (χ1n) is 17.1. The van der Waals surface area contributed by atoms with E-state index in [2.05, 4.69) is 79.0 Å². The SMILES string of the molecule is COc1cc2c(Nc3ncc(CC(=O)Nc4cccc(F)c4)s3)ncnc2cc1OCCCN1CCC(C(C)(C(C)(C)C)C(C)(C)C)CC1. The van der Waals surface area contributed by atoms with E-state index in [1.807, 2.05) is 12.1 Å². The lowest BCUT2D eigenvalue weighted by molar-refractivity contribution is -0.115. The third-order valence-electron chi connectivity index (χ3n) is 10.5. The number of amides is 1. The number of aromatic nitrogens is 3. The molecule has 0 radical (unpaired) electrons. The number of nitrogens with zero attached hydrogens (tertiary/aromatic N) is 4. The predicted octanol–water partition coefficient (Wildman–Crippen LogP) is 8.74. The topological polar surface area (TPSA) is 102 Å². The maximum absolute atomic E-state index is 13.5.